The van der Waals surface area contributed by atoms with Crippen molar-refractivity contribution in [2.75, 3.05) is 25.2 Å². The Morgan fingerprint density at radius 2 is 1.79 bits per heavy atom. The van der Waals surface area contributed by atoms with E-state index < -0.39 is 5.97 Å². The van der Waals surface area contributed by atoms with E-state index in [9.17, 15) is 9.59 Å². The van der Waals surface area contributed by atoms with Gasteiger partial charge in [-0.3, -0.25) is 14.5 Å². The molecule has 1 amide bonds. The molecule has 1 heterocycles. The van der Waals surface area contributed by atoms with Gasteiger partial charge in [-0.2, -0.15) is 0 Å². The van der Waals surface area contributed by atoms with Crippen molar-refractivity contribution < 1.29 is 23.8 Å². The smallest absolute Gasteiger partial charge is 0.326 e. The number of esters is 1. The highest BCUT2D eigenvalue weighted by molar-refractivity contribution is 9.11. The predicted octanol–water partition coefficient (Wildman–Crippen LogP) is 7.41. The lowest BCUT2D eigenvalue weighted by molar-refractivity contribution is -0.141. The number of methoxy groups -OCH3 is 1. The minimum absolute atomic E-state index is 0.208. The summed E-state index contributed by atoms with van der Waals surface area (Å²) in [6.45, 7) is 5.93. The van der Waals surface area contributed by atoms with Gasteiger partial charge in [-0.05, 0) is 86.5 Å². The summed E-state index contributed by atoms with van der Waals surface area (Å²) < 4.78 is 18.0. The highest BCUT2D eigenvalue weighted by Gasteiger charge is 2.24. The first-order valence-electron chi connectivity index (χ1n) is 10.6. The van der Waals surface area contributed by atoms with Gasteiger partial charge in [-0.1, -0.05) is 19.9 Å². The maximum Gasteiger partial charge on any atom is 0.326 e. The Bertz CT molecular complexity index is 1140. The van der Waals surface area contributed by atoms with Gasteiger partial charge in [-0.25, -0.2) is 0 Å². The zero-order valence-electron chi connectivity index (χ0n) is 19.3. The van der Waals surface area contributed by atoms with Gasteiger partial charge in [0.1, 0.15) is 18.0 Å². The van der Waals surface area contributed by atoms with Crippen molar-refractivity contribution in [1.82, 2.24) is 0 Å². The highest BCUT2D eigenvalue weighted by atomic mass is 79.9. The fourth-order valence-corrected chi connectivity index (χ4v) is 5.29. The van der Waals surface area contributed by atoms with E-state index in [0.29, 0.717) is 31.0 Å². The number of nitrogens with zero attached hydrogens (tertiary/aromatic N) is 1. The number of carbonyl (C=O) groups excluding carboxylic acids is 2. The Morgan fingerprint density at radius 3 is 2.35 bits per heavy atom. The van der Waals surface area contributed by atoms with E-state index in [1.807, 2.05) is 23.6 Å². The summed E-state index contributed by atoms with van der Waals surface area (Å²) in [6.07, 6.45) is 0. The molecule has 9 heteroatoms. The van der Waals surface area contributed by atoms with E-state index in [-0.39, 0.29) is 25.0 Å². The molecule has 0 fully saturated rings. The molecule has 0 bridgehead atoms. The van der Waals surface area contributed by atoms with E-state index >= 15 is 0 Å². The summed E-state index contributed by atoms with van der Waals surface area (Å²) in [5.74, 6) is 1.48. The number of anilines is 1. The maximum absolute atomic E-state index is 13.2. The van der Waals surface area contributed by atoms with Crippen LogP contribution in [-0.2, 0) is 9.53 Å². The zero-order valence-corrected chi connectivity index (χ0v) is 23.3. The largest absolute Gasteiger partial charge is 0.496 e. The fourth-order valence-electron chi connectivity index (χ4n) is 3.29. The number of thiophene rings is 1. The van der Waals surface area contributed by atoms with Gasteiger partial charge < -0.3 is 14.2 Å². The number of hydrogen-bond donors (Lipinski definition) is 0. The minimum Gasteiger partial charge on any atom is -0.496 e. The Morgan fingerprint density at radius 1 is 1.09 bits per heavy atom. The van der Waals surface area contributed by atoms with E-state index in [1.165, 1.54) is 16.2 Å². The molecule has 3 aromatic rings. The van der Waals surface area contributed by atoms with Gasteiger partial charge in [0.2, 0.25) is 0 Å². The first-order chi connectivity index (χ1) is 16.2. The van der Waals surface area contributed by atoms with Crippen LogP contribution in [0.4, 0.5) is 5.69 Å². The highest BCUT2D eigenvalue weighted by Crippen LogP contribution is 2.41. The van der Waals surface area contributed by atoms with Crippen molar-refractivity contribution in [3.05, 3.63) is 67.2 Å². The summed E-state index contributed by atoms with van der Waals surface area (Å²) >= 11 is 8.44. The van der Waals surface area contributed by atoms with Crippen molar-refractivity contribution in [3.8, 4) is 17.2 Å². The Kier molecular flexibility index (Phi) is 9.16. The summed E-state index contributed by atoms with van der Waals surface area (Å²) in [4.78, 5) is 27.3. The lowest BCUT2D eigenvalue weighted by Gasteiger charge is -2.23. The third-order valence-corrected chi connectivity index (χ3v) is 6.94. The Hall–Kier alpha value is -2.36. The van der Waals surface area contributed by atoms with Crippen LogP contribution in [0, 0.1) is 0 Å². The van der Waals surface area contributed by atoms with Crippen LogP contribution in [0.2, 0.25) is 0 Å². The lowest BCUT2D eigenvalue weighted by Crippen LogP contribution is -2.36. The average Bonchev–Trinajstić information content (AvgIpc) is 3.34. The summed E-state index contributed by atoms with van der Waals surface area (Å²) in [7, 11) is 1.65. The second kappa shape index (κ2) is 11.9. The van der Waals surface area contributed by atoms with Gasteiger partial charge in [0.15, 0.2) is 5.75 Å². The zero-order chi connectivity index (χ0) is 24.8. The number of carbonyl (C=O) groups is 2. The second-order valence-corrected chi connectivity index (χ2v) is 10.2. The third kappa shape index (κ3) is 6.20. The molecule has 0 radical (unpaired) electrons. The maximum atomic E-state index is 13.2. The predicted molar refractivity (Wildman–Crippen MR) is 142 cm³/mol. The molecular formula is C25H25Br2NO5S. The molecule has 0 saturated heterocycles. The molecule has 3 rings (SSSR count). The average molecular weight is 611 g/mol. The van der Waals surface area contributed by atoms with Crippen molar-refractivity contribution in [1.29, 1.82) is 0 Å². The molecule has 0 spiro atoms. The molecule has 0 saturated carbocycles. The Labute approximate surface area is 220 Å². The number of rotatable bonds is 9. The van der Waals surface area contributed by atoms with Crippen molar-refractivity contribution in [3.63, 3.8) is 0 Å². The first-order valence-corrected chi connectivity index (χ1v) is 13.1. The molecule has 180 valence electrons. The lowest BCUT2D eigenvalue weighted by atomic mass is 10.0. The molecule has 0 aliphatic heterocycles. The molecule has 6 nitrogen and oxygen atoms in total. The molecule has 0 N–H and O–H groups in total. The van der Waals surface area contributed by atoms with Gasteiger partial charge in [-0.15, -0.1) is 11.3 Å². The minimum atomic E-state index is -0.487. The number of hydrogen-bond acceptors (Lipinski definition) is 6. The van der Waals surface area contributed by atoms with Gasteiger partial charge in [0, 0.05) is 11.3 Å². The normalized spacial score (nSPS) is 10.8. The van der Waals surface area contributed by atoms with Crippen LogP contribution in [0.25, 0.3) is 0 Å². The standard InChI is InChI=1S/C25H25Br2NO5S/c1-5-32-23(29)14-28(25(30)22-7-6-10-34-22)16-11-19(26)24(20(27)12-16)33-17-8-9-21(31-4)18(13-17)15(2)3/h6-13,15H,5,14H2,1-4H3. The monoisotopic (exact) mass is 609 g/mol. The van der Waals surface area contributed by atoms with Crippen molar-refractivity contribution >= 4 is 60.8 Å². The van der Waals surface area contributed by atoms with Crippen LogP contribution < -0.4 is 14.4 Å². The van der Waals surface area contributed by atoms with Crippen LogP contribution in [0.5, 0.6) is 17.2 Å². The van der Waals surface area contributed by atoms with Gasteiger partial charge in [0.25, 0.3) is 5.91 Å². The molecule has 2 aromatic carbocycles. The summed E-state index contributed by atoms with van der Waals surface area (Å²) in [5, 5.41) is 1.82. The number of amides is 1. The molecule has 34 heavy (non-hydrogen) atoms. The fraction of sp³-hybridized carbons (Fsp3) is 0.280. The van der Waals surface area contributed by atoms with E-state index in [4.69, 9.17) is 14.2 Å². The third-order valence-electron chi connectivity index (χ3n) is 4.91. The van der Waals surface area contributed by atoms with E-state index in [0.717, 1.165) is 11.3 Å². The van der Waals surface area contributed by atoms with Crippen LogP contribution in [0.15, 0.2) is 56.8 Å². The summed E-state index contributed by atoms with van der Waals surface area (Å²) in [6, 6.07) is 12.7. The quantitative estimate of drug-likeness (QED) is 0.236. The van der Waals surface area contributed by atoms with Gasteiger partial charge in [0.05, 0.1) is 27.5 Å². The second-order valence-electron chi connectivity index (χ2n) is 7.57. The van der Waals surface area contributed by atoms with Crippen LogP contribution in [-0.4, -0.2) is 32.1 Å². The first kappa shape index (κ1) is 26.2. The molecule has 0 atom stereocenters. The SMILES string of the molecule is CCOC(=O)CN(C(=O)c1cccs1)c1cc(Br)c(Oc2ccc(OC)c(C(C)C)c2)c(Br)c1. The number of ether oxygens (including phenoxy) is 3. The van der Waals surface area contributed by atoms with Crippen LogP contribution >= 0.6 is 43.2 Å². The number of benzene rings is 2. The van der Waals surface area contributed by atoms with E-state index in [1.54, 1.807) is 38.3 Å². The molecule has 1 aromatic heterocycles. The van der Waals surface area contributed by atoms with Crippen molar-refractivity contribution in [2.45, 2.75) is 26.7 Å². The number of halogens is 2. The Balaban J connectivity index is 1.95. The van der Waals surface area contributed by atoms with E-state index in [2.05, 4.69) is 45.7 Å². The molecule has 0 unspecified atom stereocenters. The topological polar surface area (TPSA) is 65.1 Å². The molecule has 0 aliphatic carbocycles. The molecular weight excluding hydrogens is 586 g/mol. The van der Waals surface area contributed by atoms with Crippen LogP contribution in [0.1, 0.15) is 41.9 Å². The van der Waals surface area contributed by atoms with Crippen LogP contribution in [0.3, 0.4) is 0 Å². The molecule has 0 aliphatic rings. The van der Waals surface area contributed by atoms with Gasteiger partial charge >= 0.3 is 5.97 Å². The summed E-state index contributed by atoms with van der Waals surface area (Å²) in [5.41, 5.74) is 1.56. The van der Waals surface area contributed by atoms with Crippen molar-refractivity contribution in [2.24, 2.45) is 0 Å².